The van der Waals surface area contributed by atoms with Gasteiger partial charge in [0.1, 0.15) is 17.9 Å². The molecule has 0 spiro atoms. The molecule has 7 nitrogen and oxygen atoms in total. The van der Waals surface area contributed by atoms with Crippen LogP contribution in [0.15, 0.2) is 68.8 Å². The largest absolute Gasteiger partial charge is 0.490 e. The van der Waals surface area contributed by atoms with Gasteiger partial charge in [0.15, 0.2) is 5.43 Å². The molecule has 5 rings (SSSR count). The van der Waals surface area contributed by atoms with Gasteiger partial charge >= 0.3 is 0 Å². The Kier molecular flexibility index (Phi) is 6.54. The predicted molar refractivity (Wildman–Crippen MR) is 132 cm³/mol. The Bertz CT molecular complexity index is 1280. The van der Waals surface area contributed by atoms with Crippen LogP contribution < -0.4 is 10.2 Å². The number of nitrogens with zero attached hydrogens (tertiary/aromatic N) is 2. The van der Waals surface area contributed by atoms with Gasteiger partial charge in [-0.15, -0.1) is 0 Å². The van der Waals surface area contributed by atoms with E-state index in [0.717, 1.165) is 23.1 Å². The van der Waals surface area contributed by atoms with E-state index in [1.807, 2.05) is 24.3 Å². The lowest BCUT2D eigenvalue weighted by Crippen LogP contribution is -2.42. The molecule has 0 saturated carbocycles. The molecule has 0 bridgehead atoms. The lowest BCUT2D eigenvalue weighted by atomic mass is 9.98. The summed E-state index contributed by atoms with van der Waals surface area (Å²) in [5.74, 6) is 0.559. The molecule has 8 heteroatoms. The van der Waals surface area contributed by atoms with Crippen molar-refractivity contribution in [3.05, 3.63) is 86.7 Å². The number of ether oxygens (including phenoxy) is 2. The number of halogens is 1. The molecule has 0 N–H and O–H groups in total. The molecule has 3 heterocycles. The van der Waals surface area contributed by atoms with Crippen LogP contribution in [0.4, 0.5) is 0 Å². The quantitative estimate of drug-likeness (QED) is 0.435. The minimum Gasteiger partial charge on any atom is -0.490 e. The highest BCUT2D eigenvalue weighted by Gasteiger charge is 2.42. The summed E-state index contributed by atoms with van der Waals surface area (Å²) >= 11 is 3.43. The minimum atomic E-state index is -0.531. The van der Waals surface area contributed by atoms with Gasteiger partial charge in [-0.05, 0) is 35.9 Å². The van der Waals surface area contributed by atoms with Crippen molar-refractivity contribution in [3.63, 3.8) is 0 Å². The van der Waals surface area contributed by atoms with E-state index in [1.54, 1.807) is 29.2 Å². The highest BCUT2D eigenvalue weighted by molar-refractivity contribution is 9.10. The van der Waals surface area contributed by atoms with Gasteiger partial charge in [0, 0.05) is 30.7 Å². The molecule has 1 aromatic heterocycles. The fourth-order valence-corrected chi connectivity index (χ4v) is 4.91. The molecule has 1 saturated heterocycles. The predicted octanol–water partition coefficient (Wildman–Crippen LogP) is 4.00. The van der Waals surface area contributed by atoms with Gasteiger partial charge in [-0.2, -0.15) is 0 Å². The Hall–Kier alpha value is -2.94. The number of carbonyl (C=O) groups is 1. The third-order valence-electron chi connectivity index (χ3n) is 6.25. The van der Waals surface area contributed by atoms with E-state index < -0.39 is 6.04 Å². The van der Waals surface area contributed by atoms with Crippen LogP contribution in [0, 0.1) is 0 Å². The standard InChI is InChI=1S/C26H25BrN2O5/c1-2-13-33-19-6-3-17(4-7-19)23-22-24(30)20-16-18(27)5-8-21(20)34-25(22)26(31)29(23)10-9-28-11-14-32-15-12-28/h2-8,16,23H,1,9-15H2. The van der Waals surface area contributed by atoms with Crippen molar-refractivity contribution < 1.29 is 18.7 Å². The van der Waals surface area contributed by atoms with Crippen molar-refractivity contribution in [2.75, 3.05) is 46.0 Å². The molecule has 2 aromatic carbocycles. The Morgan fingerprint density at radius 3 is 2.59 bits per heavy atom. The maximum Gasteiger partial charge on any atom is 0.290 e. The third kappa shape index (κ3) is 4.29. The van der Waals surface area contributed by atoms with Crippen LogP contribution >= 0.6 is 15.9 Å². The van der Waals surface area contributed by atoms with E-state index in [1.165, 1.54) is 0 Å². The summed E-state index contributed by atoms with van der Waals surface area (Å²) in [6.45, 7) is 8.26. The van der Waals surface area contributed by atoms with Crippen molar-refractivity contribution in [3.8, 4) is 5.75 Å². The summed E-state index contributed by atoms with van der Waals surface area (Å²) in [7, 11) is 0. The molecule has 1 fully saturated rings. The van der Waals surface area contributed by atoms with E-state index in [2.05, 4.69) is 27.4 Å². The zero-order valence-corrected chi connectivity index (χ0v) is 20.3. The van der Waals surface area contributed by atoms with Crippen LogP contribution in [0.2, 0.25) is 0 Å². The number of morpholine rings is 1. The molecule has 34 heavy (non-hydrogen) atoms. The third-order valence-corrected chi connectivity index (χ3v) is 6.75. The average molecular weight is 525 g/mol. The van der Waals surface area contributed by atoms with Gasteiger partial charge in [-0.25, -0.2) is 0 Å². The fraction of sp³-hybridized carbons (Fsp3) is 0.308. The number of hydrogen-bond donors (Lipinski definition) is 0. The normalized spacial score (nSPS) is 18.3. The van der Waals surface area contributed by atoms with Gasteiger partial charge in [0.05, 0.1) is 30.2 Å². The maximum atomic E-state index is 13.6. The van der Waals surface area contributed by atoms with E-state index in [-0.39, 0.29) is 17.1 Å². The van der Waals surface area contributed by atoms with Crippen molar-refractivity contribution in [2.45, 2.75) is 6.04 Å². The van der Waals surface area contributed by atoms with Gasteiger partial charge in [-0.3, -0.25) is 14.5 Å². The molecule has 1 atom stereocenters. The van der Waals surface area contributed by atoms with Crippen LogP contribution in [-0.2, 0) is 4.74 Å². The monoisotopic (exact) mass is 524 g/mol. The molecule has 0 radical (unpaired) electrons. The smallest absolute Gasteiger partial charge is 0.290 e. The van der Waals surface area contributed by atoms with E-state index >= 15 is 0 Å². The Balaban J connectivity index is 1.56. The van der Waals surface area contributed by atoms with Crippen LogP contribution in [0.25, 0.3) is 11.0 Å². The zero-order chi connectivity index (χ0) is 23.7. The van der Waals surface area contributed by atoms with Crippen molar-refractivity contribution in [1.82, 2.24) is 9.80 Å². The molecular weight excluding hydrogens is 500 g/mol. The van der Waals surface area contributed by atoms with Crippen LogP contribution in [-0.4, -0.2) is 61.7 Å². The lowest BCUT2D eigenvalue weighted by Gasteiger charge is -2.31. The summed E-state index contributed by atoms with van der Waals surface area (Å²) in [5.41, 5.74) is 1.44. The van der Waals surface area contributed by atoms with Gasteiger partial charge < -0.3 is 18.8 Å². The molecule has 3 aromatic rings. The Morgan fingerprint density at radius 2 is 1.85 bits per heavy atom. The van der Waals surface area contributed by atoms with E-state index in [0.29, 0.717) is 55.2 Å². The minimum absolute atomic E-state index is 0.124. The number of carbonyl (C=O) groups excluding carboxylic acids is 1. The molecule has 0 aliphatic carbocycles. The van der Waals surface area contributed by atoms with E-state index in [9.17, 15) is 9.59 Å². The first-order valence-electron chi connectivity index (χ1n) is 11.3. The molecule has 1 unspecified atom stereocenters. The van der Waals surface area contributed by atoms with Crippen LogP contribution in [0.3, 0.4) is 0 Å². The van der Waals surface area contributed by atoms with Gasteiger partial charge in [0.25, 0.3) is 5.91 Å². The molecule has 176 valence electrons. The maximum absolute atomic E-state index is 13.6. The second kappa shape index (κ2) is 9.74. The van der Waals surface area contributed by atoms with E-state index in [4.69, 9.17) is 13.9 Å². The summed E-state index contributed by atoms with van der Waals surface area (Å²) in [6, 6.07) is 12.2. The zero-order valence-electron chi connectivity index (χ0n) is 18.7. The number of benzene rings is 2. The first-order valence-corrected chi connectivity index (χ1v) is 12.1. The molecule has 2 aliphatic rings. The second-order valence-electron chi connectivity index (χ2n) is 8.34. The summed E-state index contributed by atoms with van der Waals surface area (Å²) in [5, 5.41) is 0.451. The first kappa shape index (κ1) is 22.8. The molecular formula is C26H25BrN2O5. The van der Waals surface area contributed by atoms with Crippen molar-refractivity contribution >= 4 is 32.8 Å². The number of hydrogen-bond acceptors (Lipinski definition) is 6. The van der Waals surface area contributed by atoms with Crippen molar-refractivity contribution in [1.29, 1.82) is 0 Å². The second-order valence-corrected chi connectivity index (χ2v) is 9.25. The Labute approximate surface area is 205 Å². The molecule has 1 amide bonds. The van der Waals surface area contributed by atoms with Gasteiger partial charge in [-0.1, -0.05) is 40.7 Å². The highest BCUT2D eigenvalue weighted by Crippen LogP contribution is 2.38. The first-order chi connectivity index (χ1) is 16.6. The van der Waals surface area contributed by atoms with Gasteiger partial charge in [0.2, 0.25) is 5.76 Å². The van der Waals surface area contributed by atoms with Crippen LogP contribution in [0.5, 0.6) is 5.75 Å². The molecule has 2 aliphatic heterocycles. The number of rotatable bonds is 7. The van der Waals surface area contributed by atoms with Crippen LogP contribution in [0.1, 0.15) is 27.7 Å². The van der Waals surface area contributed by atoms with Crippen molar-refractivity contribution in [2.24, 2.45) is 0 Å². The summed E-state index contributed by atoms with van der Waals surface area (Å²) in [4.78, 5) is 31.2. The fourth-order valence-electron chi connectivity index (χ4n) is 4.55. The topological polar surface area (TPSA) is 72.2 Å². The number of fused-ring (bicyclic) bond motifs is 2. The Morgan fingerprint density at radius 1 is 1.09 bits per heavy atom. The number of amides is 1. The summed E-state index contributed by atoms with van der Waals surface area (Å²) in [6.07, 6.45) is 1.68. The average Bonchev–Trinajstić information content (AvgIpc) is 3.14. The lowest BCUT2D eigenvalue weighted by molar-refractivity contribution is 0.0314. The summed E-state index contributed by atoms with van der Waals surface area (Å²) < 4.78 is 17.9. The highest BCUT2D eigenvalue weighted by atomic mass is 79.9. The SMILES string of the molecule is C=CCOc1ccc(C2c3c(oc4ccc(Br)cc4c3=O)C(=O)N2CCN2CCOCC2)cc1.